The topological polar surface area (TPSA) is 85.5 Å². The van der Waals surface area contributed by atoms with Gasteiger partial charge in [-0.1, -0.05) is 56.3 Å². The molecule has 214 valence electrons. The second kappa shape index (κ2) is 17.0. The van der Waals surface area contributed by atoms with E-state index in [1.54, 1.807) is 20.2 Å². The average Bonchev–Trinajstić information content (AvgIpc) is 3.35. The Balaban J connectivity index is 0.000000290. The van der Waals surface area contributed by atoms with Crippen molar-refractivity contribution in [1.29, 1.82) is 0 Å². The van der Waals surface area contributed by atoms with Gasteiger partial charge in [-0.05, 0) is 68.5 Å². The van der Waals surface area contributed by atoms with Gasteiger partial charge in [-0.25, -0.2) is 4.98 Å². The van der Waals surface area contributed by atoms with Gasteiger partial charge >= 0.3 is 5.97 Å². The van der Waals surface area contributed by atoms with Crippen LogP contribution in [0.5, 0.6) is 0 Å². The van der Waals surface area contributed by atoms with Crippen LogP contribution >= 0.6 is 78.2 Å². The molecule has 1 atom stereocenters. The Bertz CT molecular complexity index is 1270. The predicted molar refractivity (Wildman–Crippen MR) is 174 cm³/mol. The Kier molecular flexibility index (Phi) is 14.9. The van der Waals surface area contributed by atoms with Gasteiger partial charge in [0.1, 0.15) is 0 Å². The minimum atomic E-state index is -0.155. The molecule has 2 aromatic carbocycles. The smallest absolute Gasteiger partial charge is 0.306 e. The largest absolute Gasteiger partial charge is 0.465 e. The molecular formula is C27H33Br2Cl2N3O3S2. The van der Waals surface area contributed by atoms with Gasteiger partial charge in [-0.2, -0.15) is 0 Å². The normalized spacial score (nSPS) is 11.6. The summed E-state index contributed by atoms with van der Waals surface area (Å²) in [5, 5.41) is 1.65. The van der Waals surface area contributed by atoms with Gasteiger partial charge in [0.05, 0.1) is 38.2 Å². The molecule has 1 unspecified atom stereocenters. The predicted octanol–water partition coefficient (Wildman–Crippen LogP) is 9.34. The number of esters is 1. The van der Waals surface area contributed by atoms with E-state index in [2.05, 4.69) is 50.7 Å². The van der Waals surface area contributed by atoms with Crippen LogP contribution in [0.25, 0.3) is 10.2 Å². The summed E-state index contributed by atoms with van der Waals surface area (Å²) in [5.41, 5.74) is 7.31. The highest BCUT2D eigenvalue weighted by molar-refractivity contribution is 9.10. The second-order valence-corrected chi connectivity index (χ2v) is 13.5. The lowest BCUT2D eigenvalue weighted by Crippen LogP contribution is -2.21. The number of hydrogen-bond acceptors (Lipinski definition) is 7. The molecule has 1 amide bonds. The van der Waals surface area contributed by atoms with Crippen LogP contribution in [0.15, 0.2) is 38.1 Å². The molecular weight excluding hydrogens is 709 g/mol. The monoisotopic (exact) mass is 739 g/mol. The van der Waals surface area contributed by atoms with Crippen molar-refractivity contribution in [2.24, 2.45) is 5.92 Å². The molecule has 12 heteroatoms. The zero-order chi connectivity index (χ0) is 29.1. The van der Waals surface area contributed by atoms with E-state index in [1.165, 1.54) is 40.8 Å². The zero-order valence-corrected chi connectivity index (χ0v) is 28.7. The fraction of sp³-hybridized carbons (Fsp3) is 0.444. The van der Waals surface area contributed by atoms with Crippen LogP contribution in [0, 0.1) is 5.92 Å². The van der Waals surface area contributed by atoms with Gasteiger partial charge in [0.15, 0.2) is 5.01 Å². The summed E-state index contributed by atoms with van der Waals surface area (Å²) in [6, 6.07) is 7.29. The number of thioether (sulfide) groups is 1. The number of halogens is 4. The maximum absolute atomic E-state index is 11.9. The third-order valence-corrected chi connectivity index (χ3v) is 10.7. The Morgan fingerprint density at radius 1 is 1.13 bits per heavy atom. The van der Waals surface area contributed by atoms with Gasteiger partial charge in [0, 0.05) is 34.5 Å². The summed E-state index contributed by atoms with van der Waals surface area (Å²) in [6.45, 7) is 4.84. The highest BCUT2D eigenvalue weighted by atomic mass is 79.9. The molecule has 2 N–H and O–H groups in total. The number of nitrogen functional groups attached to an aromatic ring is 1. The molecule has 1 heterocycles. The summed E-state index contributed by atoms with van der Waals surface area (Å²) in [7, 11) is 3.40. The van der Waals surface area contributed by atoms with Crippen molar-refractivity contribution >= 4 is 106 Å². The Morgan fingerprint density at radius 2 is 1.79 bits per heavy atom. The summed E-state index contributed by atoms with van der Waals surface area (Å²) in [5.74, 6) is 0.817. The highest BCUT2D eigenvalue weighted by Gasteiger charge is 2.16. The number of benzene rings is 2. The number of nitrogens with zero attached hydrogens (tertiary/aromatic N) is 2. The third-order valence-electron chi connectivity index (χ3n) is 5.70. The first-order valence-electron chi connectivity index (χ1n) is 12.5. The van der Waals surface area contributed by atoms with Crippen LogP contribution in [0.4, 0.5) is 5.69 Å². The number of carbonyl (C=O) groups excluding carboxylic acids is 2. The van der Waals surface area contributed by atoms with Gasteiger partial charge in [-0.15, -0.1) is 23.1 Å². The number of nitrogens with two attached hydrogens (primary N) is 1. The van der Waals surface area contributed by atoms with Crippen molar-refractivity contribution in [3.05, 3.63) is 48.3 Å². The molecule has 0 bridgehead atoms. The maximum atomic E-state index is 11.9. The number of anilines is 1. The van der Waals surface area contributed by atoms with Gasteiger partial charge in [0.2, 0.25) is 0 Å². The molecule has 3 rings (SSSR count). The van der Waals surface area contributed by atoms with E-state index < -0.39 is 0 Å². The number of hydrogen-bond donors (Lipinski definition) is 1. The lowest BCUT2D eigenvalue weighted by molar-refractivity contribution is -0.144. The summed E-state index contributed by atoms with van der Waals surface area (Å²) in [6.07, 6.45) is 4.89. The van der Waals surface area contributed by atoms with E-state index in [0.717, 1.165) is 36.9 Å². The highest BCUT2D eigenvalue weighted by Crippen LogP contribution is 2.38. The van der Waals surface area contributed by atoms with E-state index in [4.69, 9.17) is 33.7 Å². The Hall–Kier alpha value is -1.04. The molecule has 1 aromatic heterocycles. The van der Waals surface area contributed by atoms with Crippen LogP contribution in [0.1, 0.15) is 55.8 Å². The first kappa shape index (κ1) is 34.2. The number of amides is 1. The van der Waals surface area contributed by atoms with Gasteiger partial charge in [-0.3, -0.25) is 9.59 Å². The average molecular weight is 742 g/mol. The van der Waals surface area contributed by atoms with E-state index >= 15 is 0 Å². The second-order valence-electron chi connectivity index (χ2n) is 8.91. The Morgan fingerprint density at radius 3 is 2.44 bits per heavy atom. The lowest BCUT2D eigenvalue weighted by atomic mass is 10.0. The van der Waals surface area contributed by atoms with Crippen molar-refractivity contribution in [3.63, 3.8) is 0 Å². The molecule has 6 nitrogen and oxygen atoms in total. The third kappa shape index (κ3) is 10.4. The van der Waals surface area contributed by atoms with Crippen molar-refractivity contribution in [2.45, 2.75) is 50.8 Å². The number of aromatic nitrogens is 1. The summed E-state index contributed by atoms with van der Waals surface area (Å²) >= 11 is 21.9. The van der Waals surface area contributed by atoms with Gasteiger partial charge < -0.3 is 15.4 Å². The quantitative estimate of drug-likeness (QED) is 0.120. The number of rotatable bonds is 11. The van der Waals surface area contributed by atoms with Crippen molar-refractivity contribution in [2.75, 3.05) is 32.2 Å². The molecule has 0 saturated carbocycles. The van der Waals surface area contributed by atoms with E-state index in [-0.39, 0.29) is 11.9 Å². The first-order valence-corrected chi connectivity index (χ1v) is 16.6. The van der Waals surface area contributed by atoms with Crippen molar-refractivity contribution < 1.29 is 14.3 Å². The van der Waals surface area contributed by atoms with Crippen LogP contribution in [0.2, 0.25) is 10.0 Å². The SMILES string of the molecule is CCCCC(CC)COC(=O)CCSc1c(N)ccc(Br)c1Cl.CN(C)C(=O)c1nc2ccc(Br)c(Cl)c2s1. The molecule has 0 aliphatic rings. The first-order chi connectivity index (χ1) is 18.5. The molecule has 0 saturated heterocycles. The maximum Gasteiger partial charge on any atom is 0.306 e. The number of fused-ring (bicyclic) bond motifs is 1. The fourth-order valence-corrected chi connectivity index (χ4v) is 6.83. The van der Waals surface area contributed by atoms with Crippen LogP contribution in [-0.2, 0) is 9.53 Å². The summed E-state index contributed by atoms with van der Waals surface area (Å²) in [4.78, 5) is 30.2. The van der Waals surface area contributed by atoms with E-state index in [1.807, 2.05) is 18.2 Å². The van der Waals surface area contributed by atoms with Crippen molar-refractivity contribution in [3.8, 4) is 0 Å². The number of unbranched alkanes of at least 4 members (excludes halogenated alkanes) is 1. The van der Waals surface area contributed by atoms with E-state index in [0.29, 0.717) is 45.4 Å². The van der Waals surface area contributed by atoms with Crippen LogP contribution < -0.4 is 5.73 Å². The van der Waals surface area contributed by atoms with Crippen molar-refractivity contribution in [1.82, 2.24) is 9.88 Å². The Labute approximate surface area is 265 Å². The summed E-state index contributed by atoms with van der Waals surface area (Å²) < 4.78 is 7.84. The fourth-order valence-electron chi connectivity index (χ4n) is 3.33. The standard InChI is InChI=1S/C17H25BrClNO2S.C10H8BrClN2OS/c1-3-5-6-12(4-2)11-22-15(21)9-10-23-17-14(20)8-7-13(18)16(17)19;1-14(2)10(15)9-13-6-4-3-5(11)7(12)8(6)16-9/h7-8,12H,3-6,9-11,20H2,1-2H3;3-4H,1-2H3. The molecule has 0 radical (unpaired) electrons. The molecule has 0 fully saturated rings. The molecule has 0 spiro atoms. The lowest BCUT2D eigenvalue weighted by Gasteiger charge is -2.14. The molecule has 0 aliphatic carbocycles. The minimum Gasteiger partial charge on any atom is -0.465 e. The number of thiazole rings is 1. The van der Waals surface area contributed by atoms with Gasteiger partial charge in [0.25, 0.3) is 5.91 Å². The van der Waals surface area contributed by atoms with E-state index in [9.17, 15) is 9.59 Å². The molecule has 0 aliphatic heterocycles. The number of ether oxygens (including phenoxy) is 1. The van der Waals surface area contributed by atoms with Crippen LogP contribution in [-0.4, -0.2) is 48.2 Å². The molecule has 3 aromatic rings. The minimum absolute atomic E-state index is 0.103. The molecule has 39 heavy (non-hydrogen) atoms. The van der Waals surface area contributed by atoms with Crippen LogP contribution in [0.3, 0.4) is 0 Å². The zero-order valence-electron chi connectivity index (χ0n) is 22.4. The number of carbonyl (C=O) groups is 2.